The zero-order chi connectivity index (χ0) is 34.1. The summed E-state index contributed by atoms with van der Waals surface area (Å²) in [6, 6.07) is 64.7. The lowest BCUT2D eigenvalue weighted by molar-refractivity contribution is 0.660. The fourth-order valence-corrected chi connectivity index (χ4v) is 9.57. The molecule has 1 heterocycles. The minimum Gasteiger partial charge on any atom is -0.308 e. The molecule has 0 N–H and O–H groups in total. The van der Waals surface area contributed by atoms with Crippen molar-refractivity contribution in [3.05, 3.63) is 187 Å². The average molecular weight is 670 g/mol. The lowest BCUT2D eigenvalue weighted by atomic mass is 9.82. The molecule has 242 valence electrons. The number of anilines is 3. The molecule has 51 heavy (non-hydrogen) atoms. The van der Waals surface area contributed by atoms with Gasteiger partial charge in [0.05, 0.1) is 16.1 Å². The highest BCUT2D eigenvalue weighted by molar-refractivity contribution is 7.26. The first-order chi connectivity index (χ1) is 25.1. The van der Waals surface area contributed by atoms with Gasteiger partial charge in [-0.1, -0.05) is 159 Å². The standard InChI is InChI=1S/C49H35NS/c1-49(2)41-18-9-8-16-39(41)47-42(49)19-11-20-43(47)50(37-29-26-35(27-30-37)34-24-22-33(23-25-34)32-12-4-3-5-13-32)44-21-10-17-40-46-38-15-7-6-14-36(38)28-31-45(46)51-48(40)44/h3-31H,1-2H3. The molecule has 0 saturated carbocycles. The topological polar surface area (TPSA) is 3.24 Å². The summed E-state index contributed by atoms with van der Waals surface area (Å²) in [7, 11) is 0. The maximum absolute atomic E-state index is 2.51. The van der Waals surface area contributed by atoms with Crippen LogP contribution in [0.5, 0.6) is 0 Å². The van der Waals surface area contributed by atoms with Crippen LogP contribution in [0.4, 0.5) is 17.1 Å². The Kier molecular flexibility index (Phi) is 6.78. The molecule has 0 saturated heterocycles. The second kappa shape index (κ2) is 11.6. The quantitative estimate of drug-likeness (QED) is 0.176. The van der Waals surface area contributed by atoms with E-state index in [4.69, 9.17) is 0 Å². The largest absolute Gasteiger partial charge is 0.308 e. The molecule has 0 bridgehead atoms. The summed E-state index contributed by atoms with van der Waals surface area (Å²) in [6.45, 7) is 4.73. The molecular formula is C49H35NS. The van der Waals surface area contributed by atoms with E-state index in [1.807, 2.05) is 11.3 Å². The molecule has 0 fully saturated rings. The van der Waals surface area contributed by atoms with Crippen LogP contribution in [0, 0.1) is 0 Å². The van der Waals surface area contributed by atoms with E-state index in [1.54, 1.807) is 0 Å². The Hall–Kier alpha value is -5.96. The highest BCUT2D eigenvalue weighted by Gasteiger charge is 2.38. The van der Waals surface area contributed by atoms with E-state index in [0.717, 1.165) is 5.69 Å². The summed E-state index contributed by atoms with van der Waals surface area (Å²) in [5.74, 6) is 0. The molecule has 0 aliphatic heterocycles. The number of nitrogens with zero attached hydrogens (tertiary/aromatic N) is 1. The maximum Gasteiger partial charge on any atom is 0.0640 e. The summed E-state index contributed by atoms with van der Waals surface area (Å²) in [6.07, 6.45) is 0. The van der Waals surface area contributed by atoms with Crippen molar-refractivity contribution in [2.45, 2.75) is 19.3 Å². The molecule has 2 heteroatoms. The minimum atomic E-state index is -0.0914. The molecule has 9 aromatic rings. The van der Waals surface area contributed by atoms with E-state index in [0.29, 0.717) is 0 Å². The van der Waals surface area contributed by atoms with Crippen molar-refractivity contribution in [2.24, 2.45) is 0 Å². The lowest BCUT2D eigenvalue weighted by Crippen LogP contribution is -2.16. The third kappa shape index (κ3) is 4.67. The smallest absolute Gasteiger partial charge is 0.0640 e. The van der Waals surface area contributed by atoms with Gasteiger partial charge in [-0.2, -0.15) is 0 Å². The van der Waals surface area contributed by atoms with Crippen LogP contribution in [0.25, 0.3) is 64.3 Å². The molecule has 0 atom stereocenters. The van der Waals surface area contributed by atoms with Gasteiger partial charge in [-0.05, 0) is 80.0 Å². The normalized spacial score (nSPS) is 13.1. The van der Waals surface area contributed by atoms with Crippen LogP contribution in [0.2, 0.25) is 0 Å². The van der Waals surface area contributed by atoms with Crippen molar-refractivity contribution in [3.8, 4) is 33.4 Å². The second-order valence-electron chi connectivity index (χ2n) is 14.1. The molecular weight excluding hydrogens is 635 g/mol. The number of thiophene rings is 1. The van der Waals surface area contributed by atoms with Crippen LogP contribution in [0.3, 0.4) is 0 Å². The zero-order valence-electron chi connectivity index (χ0n) is 28.6. The van der Waals surface area contributed by atoms with Gasteiger partial charge in [0, 0.05) is 32.1 Å². The van der Waals surface area contributed by atoms with Crippen molar-refractivity contribution in [1.29, 1.82) is 0 Å². The van der Waals surface area contributed by atoms with E-state index in [-0.39, 0.29) is 5.41 Å². The van der Waals surface area contributed by atoms with Crippen molar-refractivity contribution in [2.75, 3.05) is 4.90 Å². The van der Waals surface area contributed by atoms with Gasteiger partial charge in [-0.3, -0.25) is 0 Å². The van der Waals surface area contributed by atoms with E-state index in [9.17, 15) is 0 Å². The summed E-state index contributed by atoms with van der Waals surface area (Å²) in [5.41, 5.74) is 13.7. The predicted molar refractivity (Wildman–Crippen MR) is 220 cm³/mol. The van der Waals surface area contributed by atoms with Crippen LogP contribution in [0.15, 0.2) is 176 Å². The predicted octanol–water partition coefficient (Wildman–Crippen LogP) is 14.3. The van der Waals surface area contributed by atoms with Crippen molar-refractivity contribution < 1.29 is 0 Å². The number of fused-ring (bicyclic) bond motifs is 8. The molecule has 1 aliphatic carbocycles. The van der Waals surface area contributed by atoms with E-state index < -0.39 is 0 Å². The summed E-state index contributed by atoms with van der Waals surface area (Å²) in [4.78, 5) is 2.51. The SMILES string of the molecule is CC1(C)c2ccccc2-c2c(N(c3ccc(-c4ccc(-c5ccccc5)cc4)cc3)c3cccc4c3sc3ccc5ccccc5c34)cccc21. The van der Waals surface area contributed by atoms with Crippen molar-refractivity contribution >= 4 is 59.3 Å². The van der Waals surface area contributed by atoms with Crippen LogP contribution in [-0.2, 0) is 5.41 Å². The Morgan fingerprint density at radius 1 is 0.451 bits per heavy atom. The summed E-state index contributed by atoms with van der Waals surface area (Å²) in [5, 5.41) is 5.23. The van der Waals surface area contributed by atoms with Gasteiger partial charge < -0.3 is 4.90 Å². The first-order valence-corrected chi connectivity index (χ1v) is 18.5. The third-order valence-corrected chi connectivity index (χ3v) is 12.1. The fraction of sp³-hybridized carbons (Fsp3) is 0.0612. The third-order valence-electron chi connectivity index (χ3n) is 10.9. The highest BCUT2D eigenvalue weighted by Crippen LogP contribution is 2.55. The van der Waals surface area contributed by atoms with Gasteiger partial charge in [0.25, 0.3) is 0 Å². The van der Waals surface area contributed by atoms with Crippen molar-refractivity contribution in [3.63, 3.8) is 0 Å². The van der Waals surface area contributed by atoms with Crippen LogP contribution in [-0.4, -0.2) is 0 Å². The fourth-order valence-electron chi connectivity index (χ4n) is 8.35. The first-order valence-electron chi connectivity index (χ1n) is 17.7. The molecule has 1 aromatic heterocycles. The van der Waals surface area contributed by atoms with Crippen LogP contribution in [0.1, 0.15) is 25.0 Å². The lowest BCUT2D eigenvalue weighted by Gasteiger charge is -2.29. The Morgan fingerprint density at radius 3 is 1.82 bits per heavy atom. The van der Waals surface area contributed by atoms with Gasteiger partial charge in [-0.25, -0.2) is 0 Å². The van der Waals surface area contributed by atoms with Crippen LogP contribution < -0.4 is 4.90 Å². The van der Waals surface area contributed by atoms with Gasteiger partial charge >= 0.3 is 0 Å². The monoisotopic (exact) mass is 669 g/mol. The zero-order valence-corrected chi connectivity index (χ0v) is 29.4. The Morgan fingerprint density at radius 2 is 1.04 bits per heavy atom. The summed E-state index contributed by atoms with van der Waals surface area (Å²) < 4.78 is 2.61. The Balaban J connectivity index is 1.17. The maximum atomic E-state index is 2.51. The molecule has 8 aromatic carbocycles. The number of rotatable bonds is 5. The highest BCUT2D eigenvalue weighted by atomic mass is 32.1. The second-order valence-corrected chi connectivity index (χ2v) is 15.2. The number of hydrogen-bond acceptors (Lipinski definition) is 2. The Bertz CT molecular complexity index is 2750. The Labute approximate surface area is 302 Å². The van der Waals surface area contributed by atoms with Crippen LogP contribution >= 0.6 is 11.3 Å². The summed E-state index contributed by atoms with van der Waals surface area (Å²) >= 11 is 1.90. The van der Waals surface area contributed by atoms with E-state index >= 15 is 0 Å². The minimum absolute atomic E-state index is 0.0914. The number of hydrogen-bond donors (Lipinski definition) is 0. The average Bonchev–Trinajstić information content (AvgIpc) is 3.69. The van der Waals surface area contributed by atoms with Gasteiger partial charge in [0.1, 0.15) is 0 Å². The molecule has 0 radical (unpaired) electrons. The molecule has 0 unspecified atom stereocenters. The molecule has 1 aliphatic rings. The number of benzene rings is 8. The van der Waals surface area contributed by atoms with Crippen molar-refractivity contribution in [1.82, 2.24) is 0 Å². The van der Waals surface area contributed by atoms with Gasteiger partial charge in [0.15, 0.2) is 0 Å². The molecule has 10 rings (SSSR count). The van der Waals surface area contributed by atoms with Gasteiger partial charge in [0.2, 0.25) is 0 Å². The molecule has 0 spiro atoms. The van der Waals surface area contributed by atoms with Gasteiger partial charge in [-0.15, -0.1) is 11.3 Å². The van der Waals surface area contributed by atoms with E-state index in [1.165, 1.54) is 86.8 Å². The first kappa shape index (κ1) is 29.9. The molecule has 1 nitrogen and oxygen atoms in total. The molecule has 0 amide bonds. The van der Waals surface area contributed by atoms with E-state index in [2.05, 4.69) is 195 Å².